The third-order valence-electron chi connectivity index (χ3n) is 4.16. The van der Waals surface area contributed by atoms with E-state index in [0.29, 0.717) is 5.92 Å². The van der Waals surface area contributed by atoms with Crippen molar-refractivity contribution in [3.8, 4) is 10.6 Å². The van der Waals surface area contributed by atoms with Crippen molar-refractivity contribution in [2.24, 2.45) is 0 Å². The summed E-state index contributed by atoms with van der Waals surface area (Å²) in [7, 11) is 1.92. The van der Waals surface area contributed by atoms with Crippen LogP contribution in [0.3, 0.4) is 0 Å². The van der Waals surface area contributed by atoms with Crippen LogP contribution in [0.2, 0.25) is 0 Å². The smallest absolute Gasteiger partial charge is 0.234 e. The third-order valence-corrected chi connectivity index (χ3v) is 5.10. The van der Waals surface area contributed by atoms with Crippen molar-refractivity contribution < 1.29 is 0 Å². The Kier molecular flexibility index (Phi) is 3.11. The normalized spacial score (nSPS) is 15.9. The number of rotatable bonds is 3. The van der Waals surface area contributed by atoms with Gasteiger partial charge in [0.05, 0.1) is 0 Å². The van der Waals surface area contributed by atoms with E-state index in [4.69, 9.17) is 5.10 Å². The molecule has 0 atom stereocenters. The predicted molar refractivity (Wildman–Crippen MR) is 84.9 cm³/mol. The van der Waals surface area contributed by atoms with Gasteiger partial charge in [-0.15, -0.1) is 10.2 Å². The van der Waals surface area contributed by atoms with E-state index in [0.717, 1.165) is 27.0 Å². The largest absolute Gasteiger partial charge is 0.388 e. The van der Waals surface area contributed by atoms with Crippen molar-refractivity contribution in [3.05, 3.63) is 30.1 Å². The third kappa shape index (κ3) is 2.19. The Bertz CT molecular complexity index is 752. The minimum absolute atomic E-state index is 0.529. The molecule has 0 spiro atoms. The molecule has 1 aliphatic carbocycles. The summed E-state index contributed by atoms with van der Waals surface area (Å²) < 4.78 is 1.95. The molecule has 2 aromatic heterocycles. The quantitative estimate of drug-likeness (QED) is 0.803. The zero-order valence-corrected chi connectivity index (χ0v) is 12.7. The number of anilines is 1. The molecule has 21 heavy (non-hydrogen) atoms. The van der Waals surface area contributed by atoms with Crippen molar-refractivity contribution in [1.82, 2.24) is 19.8 Å². The number of nitrogens with zero attached hydrogens (tertiary/aromatic N) is 4. The first kappa shape index (κ1) is 12.8. The van der Waals surface area contributed by atoms with Gasteiger partial charge in [0.2, 0.25) is 4.96 Å². The van der Waals surface area contributed by atoms with Gasteiger partial charge in [-0.2, -0.15) is 9.61 Å². The lowest BCUT2D eigenvalue weighted by Crippen LogP contribution is -2.01. The summed E-state index contributed by atoms with van der Waals surface area (Å²) in [6, 6.07) is 8.31. The van der Waals surface area contributed by atoms with E-state index in [1.54, 1.807) is 11.3 Å². The van der Waals surface area contributed by atoms with Crippen molar-refractivity contribution in [1.29, 1.82) is 0 Å². The van der Waals surface area contributed by atoms with Crippen LogP contribution in [0.15, 0.2) is 24.3 Å². The number of benzene rings is 1. The second kappa shape index (κ2) is 5.11. The van der Waals surface area contributed by atoms with Gasteiger partial charge in [0.1, 0.15) is 5.01 Å². The predicted octanol–water partition coefficient (Wildman–Crippen LogP) is 3.55. The molecule has 0 bridgehead atoms. The van der Waals surface area contributed by atoms with Crippen molar-refractivity contribution in [2.45, 2.75) is 31.6 Å². The number of aromatic nitrogens is 4. The van der Waals surface area contributed by atoms with Gasteiger partial charge in [-0.25, -0.2) is 0 Å². The highest BCUT2D eigenvalue weighted by Crippen LogP contribution is 2.34. The fraction of sp³-hybridized carbons (Fsp3) is 0.400. The molecule has 6 heteroatoms. The number of hydrogen-bond donors (Lipinski definition) is 1. The average Bonchev–Trinajstić information content (AvgIpc) is 3.23. The Morgan fingerprint density at radius 2 is 1.90 bits per heavy atom. The van der Waals surface area contributed by atoms with E-state index in [-0.39, 0.29) is 0 Å². The molecule has 0 radical (unpaired) electrons. The zero-order chi connectivity index (χ0) is 14.2. The molecule has 1 saturated carbocycles. The summed E-state index contributed by atoms with van der Waals surface area (Å²) in [5.74, 6) is 1.57. The molecule has 2 heterocycles. The highest BCUT2D eigenvalue weighted by Gasteiger charge is 2.24. The molecule has 1 aliphatic rings. The molecule has 0 aliphatic heterocycles. The van der Waals surface area contributed by atoms with Crippen molar-refractivity contribution in [2.75, 3.05) is 12.4 Å². The summed E-state index contributed by atoms with van der Waals surface area (Å²) >= 11 is 1.60. The summed E-state index contributed by atoms with van der Waals surface area (Å²) in [5.41, 5.74) is 2.23. The highest BCUT2D eigenvalue weighted by atomic mass is 32.1. The monoisotopic (exact) mass is 299 g/mol. The number of hydrogen-bond acceptors (Lipinski definition) is 5. The van der Waals surface area contributed by atoms with Gasteiger partial charge < -0.3 is 5.32 Å². The van der Waals surface area contributed by atoms with Gasteiger partial charge >= 0.3 is 0 Å². The first-order chi connectivity index (χ1) is 10.3. The molecule has 3 aromatic rings. The SMILES string of the molecule is CNc1ccc(-c2nn3c(C4CCCC4)nnc3s2)cc1. The van der Waals surface area contributed by atoms with Gasteiger partial charge in [-0.05, 0) is 37.1 Å². The Hall–Kier alpha value is -1.95. The van der Waals surface area contributed by atoms with Gasteiger partial charge in [0, 0.05) is 24.2 Å². The molecule has 1 N–H and O–H groups in total. The second-order valence-corrected chi connectivity index (χ2v) is 6.42. The molecular formula is C15H17N5S. The molecular weight excluding hydrogens is 282 g/mol. The zero-order valence-electron chi connectivity index (χ0n) is 11.9. The first-order valence-electron chi connectivity index (χ1n) is 7.35. The lowest BCUT2D eigenvalue weighted by atomic mass is 10.1. The molecule has 1 fully saturated rings. The molecule has 5 nitrogen and oxygen atoms in total. The van der Waals surface area contributed by atoms with E-state index >= 15 is 0 Å². The number of nitrogens with one attached hydrogen (secondary N) is 1. The lowest BCUT2D eigenvalue weighted by Gasteiger charge is -2.03. The Balaban J connectivity index is 1.72. The van der Waals surface area contributed by atoms with Gasteiger partial charge in [-0.1, -0.05) is 24.2 Å². The van der Waals surface area contributed by atoms with Crippen LogP contribution in [-0.4, -0.2) is 26.9 Å². The fourth-order valence-electron chi connectivity index (χ4n) is 2.97. The molecule has 0 unspecified atom stereocenters. The van der Waals surface area contributed by atoms with Gasteiger partial charge in [0.25, 0.3) is 0 Å². The van der Waals surface area contributed by atoms with E-state index < -0.39 is 0 Å². The molecule has 0 saturated heterocycles. The average molecular weight is 299 g/mol. The van der Waals surface area contributed by atoms with Crippen LogP contribution in [-0.2, 0) is 0 Å². The van der Waals surface area contributed by atoms with Gasteiger partial charge in [-0.3, -0.25) is 0 Å². The summed E-state index contributed by atoms with van der Waals surface area (Å²) in [6.07, 6.45) is 5.01. The maximum atomic E-state index is 4.73. The summed E-state index contributed by atoms with van der Waals surface area (Å²) in [5, 5.41) is 17.5. The summed E-state index contributed by atoms with van der Waals surface area (Å²) in [6.45, 7) is 0. The Morgan fingerprint density at radius 1 is 1.14 bits per heavy atom. The van der Waals surface area contributed by atoms with Crippen LogP contribution in [0, 0.1) is 0 Å². The van der Waals surface area contributed by atoms with Gasteiger partial charge in [0.15, 0.2) is 5.82 Å². The van der Waals surface area contributed by atoms with Crippen LogP contribution < -0.4 is 5.32 Å². The van der Waals surface area contributed by atoms with Crippen molar-refractivity contribution in [3.63, 3.8) is 0 Å². The van der Waals surface area contributed by atoms with Crippen LogP contribution in [0.1, 0.15) is 37.4 Å². The minimum atomic E-state index is 0.529. The van der Waals surface area contributed by atoms with Crippen LogP contribution in [0.4, 0.5) is 5.69 Å². The van der Waals surface area contributed by atoms with Crippen LogP contribution in [0.25, 0.3) is 15.5 Å². The fourth-order valence-corrected chi connectivity index (χ4v) is 3.82. The first-order valence-corrected chi connectivity index (χ1v) is 8.17. The standard InChI is InChI=1S/C15H17N5S/c1-16-12-8-6-11(7-9-12)14-19-20-13(10-4-2-3-5-10)17-18-15(20)21-14/h6-10,16H,2-5H2,1H3. The molecule has 0 amide bonds. The second-order valence-electron chi connectivity index (χ2n) is 5.47. The summed E-state index contributed by atoms with van der Waals surface area (Å²) in [4.78, 5) is 0.893. The maximum Gasteiger partial charge on any atom is 0.234 e. The number of fused-ring (bicyclic) bond motifs is 1. The van der Waals surface area contributed by atoms with Crippen molar-refractivity contribution >= 4 is 22.0 Å². The van der Waals surface area contributed by atoms with E-state index in [1.807, 2.05) is 11.6 Å². The highest BCUT2D eigenvalue weighted by molar-refractivity contribution is 7.19. The van der Waals surface area contributed by atoms with Crippen LogP contribution in [0.5, 0.6) is 0 Å². The molecule has 108 valence electrons. The Labute approximate surface area is 127 Å². The van der Waals surface area contributed by atoms with E-state index in [2.05, 4.69) is 39.8 Å². The van der Waals surface area contributed by atoms with Crippen LogP contribution >= 0.6 is 11.3 Å². The molecule has 1 aromatic carbocycles. The maximum absolute atomic E-state index is 4.73. The van der Waals surface area contributed by atoms with E-state index in [9.17, 15) is 0 Å². The topological polar surface area (TPSA) is 55.1 Å². The van der Waals surface area contributed by atoms with E-state index in [1.165, 1.54) is 25.7 Å². The minimum Gasteiger partial charge on any atom is -0.388 e. The lowest BCUT2D eigenvalue weighted by molar-refractivity contribution is 0.641. The molecule has 4 rings (SSSR count). The Morgan fingerprint density at radius 3 is 2.62 bits per heavy atom.